The Morgan fingerprint density at radius 3 is 2.89 bits per heavy atom. The Balaban J connectivity index is 1.93. The minimum absolute atomic E-state index is 0.325. The summed E-state index contributed by atoms with van der Waals surface area (Å²) in [5.41, 5.74) is 3.27. The van der Waals surface area contributed by atoms with E-state index < -0.39 is 0 Å². The van der Waals surface area contributed by atoms with Gasteiger partial charge in [-0.15, -0.1) is 0 Å². The van der Waals surface area contributed by atoms with Gasteiger partial charge in [0.2, 0.25) is 0 Å². The Kier molecular flexibility index (Phi) is 4.23. The van der Waals surface area contributed by atoms with Crippen molar-refractivity contribution in [2.45, 2.75) is 46.6 Å². The Hall–Kier alpha value is -1.09. The first-order valence-corrected chi connectivity index (χ1v) is 6.92. The van der Waals surface area contributed by atoms with Crippen LogP contribution in [0.3, 0.4) is 0 Å². The fraction of sp³-hybridized carbons (Fsp3) is 0.667. The summed E-state index contributed by atoms with van der Waals surface area (Å²) < 4.78 is 2.31. The summed E-state index contributed by atoms with van der Waals surface area (Å²) in [6.45, 7) is 10.1. The molecule has 0 saturated carbocycles. The molecule has 0 bridgehead atoms. The molecule has 1 aromatic heterocycles. The van der Waals surface area contributed by atoms with E-state index >= 15 is 0 Å². The summed E-state index contributed by atoms with van der Waals surface area (Å²) >= 11 is 0. The summed E-state index contributed by atoms with van der Waals surface area (Å²) in [6, 6.07) is 0. The van der Waals surface area contributed by atoms with E-state index in [1.165, 1.54) is 12.1 Å². The monoisotopic (exact) mass is 247 g/mol. The maximum Gasteiger partial charge on any atom is 0.0948 e. The predicted octanol–water partition coefficient (Wildman–Crippen LogP) is 2.78. The van der Waals surface area contributed by atoms with E-state index in [2.05, 4.69) is 41.7 Å². The van der Waals surface area contributed by atoms with Gasteiger partial charge in [-0.25, -0.2) is 4.98 Å². The molecule has 100 valence electrons. The molecule has 1 aliphatic heterocycles. The van der Waals surface area contributed by atoms with Gasteiger partial charge < -0.3 is 9.88 Å². The maximum absolute atomic E-state index is 4.30. The molecule has 1 aromatic rings. The van der Waals surface area contributed by atoms with Crippen LogP contribution in [-0.2, 0) is 13.0 Å². The second-order valence-corrected chi connectivity index (χ2v) is 6.38. The lowest BCUT2D eigenvalue weighted by atomic mass is 9.91. The Labute approximate surface area is 110 Å². The predicted molar refractivity (Wildman–Crippen MR) is 75.6 cm³/mol. The minimum atomic E-state index is 0.325. The van der Waals surface area contributed by atoms with Gasteiger partial charge in [-0.1, -0.05) is 32.4 Å². The Bertz CT molecular complexity index is 410. The highest BCUT2D eigenvalue weighted by Gasteiger charge is 2.14. The van der Waals surface area contributed by atoms with Gasteiger partial charge in [0.1, 0.15) is 0 Å². The second-order valence-electron chi connectivity index (χ2n) is 6.38. The molecule has 2 rings (SSSR count). The van der Waals surface area contributed by atoms with E-state index in [4.69, 9.17) is 0 Å². The highest BCUT2D eigenvalue weighted by molar-refractivity contribution is 5.08. The summed E-state index contributed by atoms with van der Waals surface area (Å²) in [7, 11) is 0. The molecule has 0 spiro atoms. The number of nitrogens with one attached hydrogen (secondary N) is 1. The molecule has 0 saturated heterocycles. The second kappa shape index (κ2) is 5.70. The molecule has 0 fully saturated rings. The summed E-state index contributed by atoms with van der Waals surface area (Å²) in [5, 5.41) is 3.35. The quantitative estimate of drug-likeness (QED) is 0.829. The van der Waals surface area contributed by atoms with E-state index in [0.717, 1.165) is 32.5 Å². The third kappa shape index (κ3) is 3.98. The molecule has 2 heterocycles. The molecule has 0 aliphatic carbocycles. The van der Waals surface area contributed by atoms with E-state index in [1.54, 1.807) is 5.57 Å². The molecular formula is C15H25N3. The first kappa shape index (κ1) is 13.3. The molecule has 0 unspecified atom stereocenters. The minimum Gasteiger partial charge on any atom is -0.334 e. The lowest BCUT2D eigenvalue weighted by Crippen LogP contribution is -2.21. The Morgan fingerprint density at radius 2 is 2.22 bits per heavy atom. The van der Waals surface area contributed by atoms with Crippen LogP contribution in [0.25, 0.3) is 0 Å². The molecule has 0 amide bonds. The number of imidazole rings is 1. The molecule has 1 N–H and O–H groups in total. The van der Waals surface area contributed by atoms with Crippen molar-refractivity contribution in [2.75, 3.05) is 13.1 Å². The van der Waals surface area contributed by atoms with Crippen LogP contribution >= 0.6 is 0 Å². The molecule has 3 nitrogen and oxygen atoms in total. The van der Waals surface area contributed by atoms with Crippen molar-refractivity contribution >= 4 is 0 Å². The van der Waals surface area contributed by atoms with Crippen LogP contribution < -0.4 is 5.32 Å². The first-order valence-electron chi connectivity index (χ1n) is 6.92. The number of nitrogens with zero attached hydrogens (tertiary/aromatic N) is 2. The number of hydrogen-bond acceptors (Lipinski definition) is 2. The van der Waals surface area contributed by atoms with Gasteiger partial charge in [-0.2, -0.15) is 0 Å². The summed E-state index contributed by atoms with van der Waals surface area (Å²) in [4.78, 5) is 4.30. The molecular weight excluding hydrogens is 222 g/mol. The zero-order valence-electron chi connectivity index (χ0n) is 11.9. The number of rotatable bonds is 4. The van der Waals surface area contributed by atoms with Crippen LogP contribution in [0.4, 0.5) is 0 Å². The molecule has 0 atom stereocenters. The molecule has 1 aliphatic rings. The lowest BCUT2D eigenvalue weighted by Gasteiger charge is -2.20. The van der Waals surface area contributed by atoms with Crippen molar-refractivity contribution < 1.29 is 0 Å². The highest BCUT2D eigenvalue weighted by atomic mass is 15.0. The van der Waals surface area contributed by atoms with E-state index in [-0.39, 0.29) is 0 Å². The molecule has 0 aromatic carbocycles. The number of aryl methyl sites for hydroxylation is 1. The van der Waals surface area contributed by atoms with Crippen molar-refractivity contribution in [1.82, 2.24) is 14.9 Å². The average molecular weight is 247 g/mol. The average Bonchev–Trinajstić information content (AvgIpc) is 2.73. The molecule has 0 radical (unpaired) electrons. The van der Waals surface area contributed by atoms with Gasteiger partial charge >= 0.3 is 0 Å². The Morgan fingerprint density at radius 1 is 1.39 bits per heavy atom. The van der Waals surface area contributed by atoms with Gasteiger partial charge in [0.15, 0.2) is 0 Å². The summed E-state index contributed by atoms with van der Waals surface area (Å²) in [5.74, 6) is 0. The first-order chi connectivity index (χ1) is 8.54. The zero-order chi connectivity index (χ0) is 13.0. The van der Waals surface area contributed by atoms with Crippen molar-refractivity contribution in [3.05, 3.63) is 29.9 Å². The van der Waals surface area contributed by atoms with Crippen LogP contribution in [0.5, 0.6) is 0 Å². The zero-order valence-corrected chi connectivity index (χ0v) is 11.9. The highest BCUT2D eigenvalue weighted by Crippen LogP contribution is 2.21. The third-order valence-corrected chi connectivity index (χ3v) is 3.34. The molecule has 18 heavy (non-hydrogen) atoms. The largest absolute Gasteiger partial charge is 0.334 e. The molecule has 3 heteroatoms. The van der Waals surface area contributed by atoms with E-state index in [9.17, 15) is 0 Å². The normalized spacial score (nSPS) is 16.7. The van der Waals surface area contributed by atoms with Crippen LogP contribution in [0.15, 0.2) is 24.2 Å². The van der Waals surface area contributed by atoms with Gasteiger partial charge in [0.25, 0.3) is 0 Å². The van der Waals surface area contributed by atoms with Gasteiger partial charge in [-0.05, 0) is 31.2 Å². The van der Waals surface area contributed by atoms with Crippen molar-refractivity contribution in [3.8, 4) is 0 Å². The topological polar surface area (TPSA) is 29.9 Å². The number of hydrogen-bond donors (Lipinski definition) is 1. The van der Waals surface area contributed by atoms with Crippen molar-refractivity contribution in [2.24, 2.45) is 5.41 Å². The number of aromatic nitrogens is 2. The van der Waals surface area contributed by atoms with Crippen molar-refractivity contribution in [1.29, 1.82) is 0 Å². The van der Waals surface area contributed by atoms with Gasteiger partial charge in [0, 0.05) is 25.0 Å². The smallest absolute Gasteiger partial charge is 0.0948 e. The van der Waals surface area contributed by atoms with Crippen LogP contribution in [0.2, 0.25) is 0 Å². The van der Waals surface area contributed by atoms with Crippen LogP contribution in [0.1, 0.15) is 39.3 Å². The fourth-order valence-corrected chi connectivity index (χ4v) is 2.40. The third-order valence-electron chi connectivity index (χ3n) is 3.34. The van der Waals surface area contributed by atoms with Crippen LogP contribution in [-0.4, -0.2) is 22.6 Å². The van der Waals surface area contributed by atoms with E-state index in [0.29, 0.717) is 5.41 Å². The SMILES string of the molecule is CC(C)(C)Cc1cncn1CCC1=CCNCC1. The standard InChI is InChI=1S/C15H25N3/c1-15(2,3)10-14-11-17-12-18(14)9-6-13-4-7-16-8-5-13/h4,11-12,16H,5-10H2,1-3H3. The van der Waals surface area contributed by atoms with Crippen LogP contribution in [0, 0.1) is 5.41 Å². The van der Waals surface area contributed by atoms with Gasteiger partial charge in [0.05, 0.1) is 6.33 Å². The fourth-order valence-electron chi connectivity index (χ4n) is 2.40. The maximum atomic E-state index is 4.30. The van der Waals surface area contributed by atoms with Crippen molar-refractivity contribution in [3.63, 3.8) is 0 Å². The summed E-state index contributed by atoms with van der Waals surface area (Å²) in [6.07, 6.45) is 9.78. The van der Waals surface area contributed by atoms with E-state index in [1.807, 2.05) is 12.5 Å². The lowest BCUT2D eigenvalue weighted by molar-refractivity contribution is 0.397. The van der Waals surface area contributed by atoms with Gasteiger partial charge in [-0.3, -0.25) is 0 Å².